The first kappa shape index (κ1) is 13.6. The molecular formula is C15H14N4O. The van der Waals surface area contributed by atoms with Gasteiger partial charge in [0.15, 0.2) is 0 Å². The Morgan fingerprint density at radius 3 is 2.95 bits per heavy atom. The number of carbonyl (C=O) groups is 1. The Labute approximate surface area is 117 Å². The lowest BCUT2D eigenvalue weighted by Gasteiger charge is -2.07. The molecule has 1 amide bonds. The van der Waals surface area contributed by atoms with E-state index in [1.165, 1.54) is 0 Å². The lowest BCUT2D eigenvalue weighted by molar-refractivity contribution is 0.0951. The van der Waals surface area contributed by atoms with Gasteiger partial charge in [-0.3, -0.25) is 4.79 Å². The number of hydrogen-bond donors (Lipinski definition) is 2. The van der Waals surface area contributed by atoms with Crippen LogP contribution < -0.4 is 10.6 Å². The van der Waals surface area contributed by atoms with Gasteiger partial charge in [-0.1, -0.05) is 12.1 Å². The molecule has 5 nitrogen and oxygen atoms in total. The van der Waals surface area contributed by atoms with Crippen LogP contribution in [0.3, 0.4) is 0 Å². The summed E-state index contributed by atoms with van der Waals surface area (Å²) >= 11 is 0. The first-order chi connectivity index (χ1) is 9.72. The van der Waals surface area contributed by atoms with Gasteiger partial charge >= 0.3 is 0 Å². The first-order valence-electron chi connectivity index (χ1n) is 6.14. The minimum absolute atomic E-state index is 0.175. The normalized spacial score (nSPS) is 9.60. The molecule has 0 aliphatic heterocycles. The highest BCUT2D eigenvalue weighted by Gasteiger charge is 2.06. The molecule has 2 rings (SSSR count). The predicted octanol–water partition coefficient (Wildman–Crippen LogP) is 1.92. The number of nitrogens with one attached hydrogen (secondary N) is 2. The van der Waals surface area contributed by atoms with E-state index in [1.54, 1.807) is 43.6 Å². The summed E-state index contributed by atoms with van der Waals surface area (Å²) in [7, 11) is 1.75. The van der Waals surface area contributed by atoms with Gasteiger partial charge in [-0.2, -0.15) is 5.26 Å². The van der Waals surface area contributed by atoms with E-state index in [1.807, 2.05) is 6.07 Å². The zero-order chi connectivity index (χ0) is 14.4. The summed E-state index contributed by atoms with van der Waals surface area (Å²) in [5, 5.41) is 14.5. The Morgan fingerprint density at radius 1 is 1.35 bits per heavy atom. The smallest absolute Gasteiger partial charge is 0.251 e. The Morgan fingerprint density at radius 2 is 2.20 bits per heavy atom. The second-order valence-electron chi connectivity index (χ2n) is 4.17. The molecule has 2 N–H and O–H groups in total. The molecule has 0 unspecified atom stereocenters. The van der Waals surface area contributed by atoms with Crippen LogP contribution in [0.2, 0.25) is 0 Å². The highest BCUT2D eigenvalue weighted by atomic mass is 16.1. The van der Waals surface area contributed by atoms with E-state index in [-0.39, 0.29) is 5.91 Å². The fraction of sp³-hybridized carbons (Fsp3) is 0.133. The summed E-state index contributed by atoms with van der Waals surface area (Å²) < 4.78 is 0. The largest absolute Gasteiger partial charge is 0.373 e. The van der Waals surface area contributed by atoms with Gasteiger partial charge < -0.3 is 10.6 Å². The van der Waals surface area contributed by atoms with Crippen molar-refractivity contribution in [3.8, 4) is 6.07 Å². The van der Waals surface area contributed by atoms with E-state index >= 15 is 0 Å². The van der Waals surface area contributed by atoms with Gasteiger partial charge in [-0.25, -0.2) is 4.98 Å². The molecule has 100 valence electrons. The fourth-order valence-electron chi connectivity index (χ4n) is 1.74. The van der Waals surface area contributed by atoms with Crippen molar-refractivity contribution < 1.29 is 4.79 Å². The molecule has 1 aromatic heterocycles. The highest BCUT2D eigenvalue weighted by molar-refractivity contribution is 5.94. The molecule has 0 atom stereocenters. The van der Waals surface area contributed by atoms with E-state index in [4.69, 9.17) is 5.26 Å². The number of nitrogens with zero attached hydrogens (tertiary/aromatic N) is 2. The van der Waals surface area contributed by atoms with E-state index in [0.29, 0.717) is 23.5 Å². The summed E-state index contributed by atoms with van der Waals surface area (Å²) in [6, 6.07) is 12.6. The van der Waals surface area contributed by atoms with Crippen molar-refractivity contribution in [1.29, 1.82) is 5.26 Å². The van der Waals surface area contributed by atoms with Crippen molar-refractivity contribution in [2.75, 3.05) is 12.4 Å². The van der Waals surface area contributed by atoms with Crippen LogP contribution in [-0.4, -0.2) is 17.9 Å². The molecule has 2 aromatic rings. The molecule has 0 radical (unpaired) electrons. The minimum Gasteiger partial charge on any atom is -0.373 e. The van der Waals surface area contributed by atoms with Crippen LogP contribution in [0.25, 0.3) is 0 Å². The minimum atomic E-state index is -0.175. The van der Waals surface area contributed by atoms with E-state index in [9.17, 15) is 4.79 Å². The van der Waals surface area contributed by atoms with Crippen molar-refractivity contribution in [2.24, 2.45) is 0 Å². The third-order valence-corrected chi connectivity index (χ3v) is 2.79. The van der Waals surface area contributed by atoms with Gasteiger partial charge in [0.25, 0.3) is 5.91 Å². The number of benzene rings is 1. The highest BCUT2D eigenvalue weighted by Crippen LogP contribution is 2.07. The van der Waals surface area contributed by atoms with Gasteiger partial charge in [0.1, 0.15) is 5.82 Å². The maximum absolute atomic E-state index is 12.0. The predicted molar refractivity (Wildman–Crippen MR) is 76.1 cm³/mol. The number of amides is 1. The second-order valence-corrected chi connectivity index (χ2v) is 4.17. The molecule has 0 saturated carbocycles. The topological polar surface area (TPSA) is 77.8 Å². The monoisotopic (exact) mass is 266 g/mol. The molecule has 0 aliphatic rings. The molecule has 0 spiro atoms. The van der Waals surface area contributed by atoms with Crippen LogP contribution in [0, 0.1) is 11.3 Å². The molecule has 1 heterocycles. The van der Waals surface area contributed by atoms with Crippen LogP contribution in [0.5, 0.6) is 0 Å². The van der Waals surface area contributed by atoms with Gasteiger partial charge in [-0.05, 0) is 29.8 Å². The molecule has 0 fully saturated rings. The standard InChI is InChI=1S/C15H14N4O/c1-17-14-8-13(5-6-18-14)15(20)19-10-12-4-2-3-11(7-12)9-16/h2-8H,10H2,1H3,(H,17,18)(H,19,20). The number of nitriles is 1. The van der Waals surface area contributed by atoms with Crippen LogP contribution >= 0.6 is 0 Å². The molecule has 0 aliphatic carbocycles. The Balaban J connectivity index is 2.03. The number of pyridine rings is 1. The van der Waals surface area contributed by atoms with E-state index < -0.39 is 0 Å². The molecule has 1 aromatic carbocycles. The second kappa shape index (κ2) is 6.34. The molecule has 20 heavy (non-hydrogen) atoms. The number of aromatic nitrogens is 1. The lowest BCUT2D eigenvalue weighted by Crippen LogP contribution is -2.23. The van der Waals surface area contributed by atoms with Crippen molar-refractivity contribution in [3.05, 3.63) is 59.3 Å². The fourth-order valence-corrected chi connectivity index (χ4v) is 1.74. The molecule has 5 heteroatoms. The van der Waals surface area contributed by atoms with Crippen LogP contribution in [0.1, 0.15) is 21.5 Å². The van der Waals surface area contributed by atoms with E-state index in [0.717, 1.165) is 5.56 Å². The summed E-state index contributed by atoms with van der Waals surface area (Å²) in [6.07, 6.45) is 1.58. The van der Waals surface area contributed by atoms with Crippen LogP contribution in [0.15, 0.2) is 42.6 Å². The van der Waals surface area contributed by atoms with Crippen molar-refractivity contribution in [3.63, 3.8) is 0 Å². The van der Waals surface area contributed by atoms with Gasteiger partial charge in [-0.15, -0.1) is 0 Å². The lowest BCUT2D eigenvalue weighted by atomic mass is 10.1. The van der Waals surface area contributed by atoms with Crippen molar-refractivity contribution in [1.82, 2.24) is 10.3 Å². The number of hydrogen-bond acceptors (Lipinski definition) is 4. The maximum Gasteiger partial charge on any atom is 0.251 e. The quantitative estimate of drug-likeness (QED) is 0.886. The average Bonchev–Trinajstić information content (AvgIpc) is 2.52. The Hall–Kier alpha value is -2.87. The summed E-state index contributed by atoms with van der Waals surface area (Å²) in [5.41, 5.74) is 2.01. The number of carbonyl (C=O) groups excluding carboxylic acids is 1. The first-order valence-corrected chi connectivity index (χ1v) is 6.14. The maximum atomic E-state index is 12.0. The van der Waals surface area contributed by atoms with E-state index in [2.05, 4.69) is 21.7 Å². The van der Waals surface area contributed by atoms with Crippen molar-refractivity contribution in [2.45, 2.75) is 6.54 Å². The molecular weight excluding hydrogens is 252 g/mol. The van der Waals surface area contributed by atoms with Crippen LogP contribution in [0.4, 0.5) is 5.82 Å². The zero-order valence-corrected chi connectivity index (χ0v) is 11.1. The zero-order valence-electron chi connectivity index (χ0n) is 11.1. The Bertz CT molecular complexity index is 661. The summed E-state index contributed by atoms with van der Waals surface area (Å²) in [5.74, 6) is 0.468. The number of anilines is 1. The summed E-state index contributed by atoms with van der Waals surface area (Å²) in [6.45, 7) is 0.381. The van der Waals surface area contributed by atoms with Gasteiger partial charge in [0, 0.05) is 25.4 Å². The summed E-state index contributed by atoms with van der Waals surface area (Å²) in [4.78, 5) is 16.1. The van der Waals surface area contributed by atoms with Crippen molar-refractivity contribution >= 4 is 11.7 Å². The third kappa shape index (κ3) is 3.33. The Kier molecular flexibility index (Phi) is 4.30. The molecule has 0 saturated heterocycles. The van der Waals surface area contributed by atoms with Crippen LogP contribution in [-0.2, 0) is 6.54 Å². The number of rotatable bonds is 4. The van der Waals surface area contributed by atoms with Gasteiger partial charge in [0.05, 0.1) is 11.6 Å². The third-order valence-electron chi connectivity index (χ3n) is 2.79. The molecule has 0 bridgehead atoms. The average molecular weight is 266 g/mol. The SMILES string of the molecule is CNc1cc(C(=O)NCc2cccc(C#N)c2)ccn1. The van der Waals surface area contributed by atoms with Gasteiger partial charge in [0.2, 0.25) is 0 Å².